The molecule has 77 heavy (non-hydrogen) atoms. The first kappa shape index (κ1) is 73.7. The average Bonchev–Trinajstić information content (AvgIpc) is 3.39. The first-order valence-electron chi connectivity index (χ1n) is 31.2. The molecule has 1 N–H and O–H groups in total. The number of likely N-dealkylation sites (N-methyl/N-ethyl adjacent to an activating group) is 1. The topological polar surface area (TPSA) is 114 Å². The van der Waals surface area contributed by atoms with Gasteiger partial charge in [0.2, 0.25) is 5.91 Å². The summed E-state index contributed by atoms with van der Waals surface area (Å²) in [6.07, 6.45) is 76.3. The normalized spacial score (nSPS) is 14.4. The molecule has 0 aliphatic heterocycles. The van der Waals surface area contributed by atoms with E-state index in [0.29, 0.717) is 23.9 Å². The molecule has 0 saturated heterocycles. The number of carbonyl (C=O) groups is 2. The molecule has 0 rings (SSSR count). The second-order valence-electron chi connectivity index (χ2n) is 21.8. The number of carbonyl (C=O) groups excluding carboxylic acids is 2. The van der Waals surface area contributed by atoms with E-state index >= 15 is 0 Å². The van der Waals surface area contributed by atoms with Gasteiger partial charge in [0.05, 0.1) is 33.8 Å². The van der Waals surface area contributed by atoms with Crippen LogP contribution in [-0.4, -0.2) is 69.4 Å². The largest absolute Gasteiger partial charge is 0.756 e. The van der Waals surface area contributed by atoms with E-state index in [9.17, 15) is 19.0 Å². The van der Waals surface area contributed by atoms with Crippen molar-refractivity contribution in [2.24, 2.45) is 0 Å². The molecular weight excluding hydrogens is 976 g/mol. The fraction of sp³-hybridized carbons (Fsp3) is 0.701. The maximum atomic E-state index is 13.5. The highest BCUT2D eigenvalue weighted by Gasteiger charge is 2.27. The number of rotatable bonds is 55. The molecule has 0 aliphatic rings. The van der Waals surface area contributed by atoms with Crippen LogP contribution < -0.4 is 10.2 Å². The highest BCUT2D eigenvalue weighted by molar-refractivity contribution is 7.45. The monoisotopic (exact) mass is 1090 g/mol. The van der Waals surface area contributed by atoms with Crippen molar-refractivity contribution in [3.05, 3.63) is 109 Å². The van der Waals surface area contributed by atoms with Crippen LogP contribution >= 0.6 is 7.82 Å². The number of allylic oxidation sites excluding steroid dienone is 17. The molecule has 0 aromatic rings. The standard InChI is InChI=1S/C67H117N2O7P/c1-7-10-13-16-19-22-25-28-30-31-32-33-34-35-36-37-38-39-40-42-45-48-51-54-57-60-67(71)76-65(58-55-52-49-46-43-27-24-21-18-15-12-9-3)64(63-75-77(72,73)74-62-61-69(4,5)6)68-66(70)59-56-53-50-47-44-41-29-26-23-20-17-14-11-8-2/h10-11,13-14,19-20,22-23,28-30,32-33,35-36,41,55,58,64-65H,7-9,12,15-18,21,24-27,31,34,37-40,42-54,56-57,59-63H2,1-6H3,(H-,68,70,72,73)/b13-10-,14-11+,22-19-,23-20+,30-28-,33-32-,36-35-,41-29+,58-55-. The predicted molar refractivity (Wildman–Crippen MR) is 330 cm³/mol. The molecule has 9 nitrogen and oxygen atoms in total. The molecule has 0 radical (unpaired) electrons. The number of esters is 1. The maximum absolute atomic E-state index is 13.5. The number of nitrogens with one attached hydrogen (secondary N) is 1. The average molecular weight is 1090 g/mol. The molecule has 1 amide bonds. The molecule has 0 fully saturated rings. The molecule has 3 unspecified atom stereocenters. The summed E-state index contributed by atoms with van der Waals surface area (Å²) in [5, 5.41) is 3.01. The van der Waals surface area contributed by atoms with Crippen molar-refractivity contribution in [3.8, 4) is 0 Å². The fourth-order valence-corrected chi connectivity index (χ4v) is 9.17. The summed E-state index contributed by atoms with van der Waals surface area (Å²) in [5.74, 6) is -0.579. The Bertz CT molecular complexity index is 1690. The lowest BCUT2D eigenvalue weighted by Crippen LogP contribution is -2.47. The number of ether oxygens (including phenoxy) is 1. The van der Waals surface area contributed by atoms with E-state index in [1.165, 1.54) is 83.5 Å². The van der Waals surface area contributed by atoms with E-state index < -0.39 is 26.6 Å². The van der Waals surface area contributed by atoms with Crippen LogP contribution in [0.5, 0.6) is 0 Å². The Balaban J connectivity index is 5.20. The summed E-state index contributed by atoms with van der Waals surface area (Å²) in [7, 11) is 1.15. The quantitative estimate of drug-likeness (QED) is 0.0212. The number of hydrogen-bond donors (Lipinski definition) is 1. The van der Waals surface area contributed by atoms with E-state index in [1.807, 2.05) is 33.3 Å². The number of phosphoric ester groups is 1. The lowest BCUT2D eigenvalue weighted by atomic mass is 10.0. The summed E-state index contributed by atoms with van der Waals surface area (Å²) in [4.78, 5) is 40.0. The van der Waals surface area contributed by atoms with Gasteiger partial charge < -0.3 is 28.5 Å². The number of phosphoric acid groups is 1. The second-order valence-corrected chi connectivity index (χ2v) is 23.2. The predicted octanol–water partition coefficient (Wildman–Crippen LogP) is 18.7. The van der Waals surface area contributed by atoms with Crippen molar-refractivity contribution in [3.63, 3.8) is 0 Å². The molecular formula is C67H117N2O7P. The molecule has 0 spiro atoms. The summed E-state index contributed by atoms with van der Waals surface area (Å²) in [5.41, 5.74) is 0. The van der Waals surface area contributed by atoms with E-state index in [1.54, 1.807) is 0 Å². The molecule has 0 aromatic heterocycles. The van der Waals surface area contributed by atoms with Crippen LogP contribution in [0.4, 0.5) is 0 Å². The summed E-state index contributed by atoms with van der Waals surface area (Å²) in [6.45, 7) is 6.58. The highest BCUT2D eigenvalue weighted by atomic mass is 31.2. The van der Waals surface area contributed by atoms with Crippen LogP contribution in [0.15, 0.2) is 109 Å². The molecule has 0 heterocycles. The van der Waals surface area contributed by atoms with Gasteiger partial charge in [-0.3, -0.25) is 14.2 Å². The Kier molecular flexibility index (Phi) is 53.5. The highest BCUT2D eigenvalue weighted by Crippen LogP contribution is 2.38. The first-order chi connectivity index (χ1) is 37.4. The van der Waals surface area contributed by atoms with Gasteiger partial charge in [-0.25, -0.2) is 0 Å². The molecule has 0 bridgehead atoms. The molecule has 0 aliphatic carbocycles. The van der Waals surface area contributed by atoms with E-state index in [2.05, 4.69) is 123 Å². The Hall–Kier alpha value is -3.33. The van der Waals surface area contributed by atoms with Gasteiger partial charge in [-0.2, -0.15) is 0 Å². The third-order valence-electron chi connectivity index (χ3n) is 13.2. The van der Waals surface area contributed by atoms with Crippen molar-refractivity contribution in [2.75, 3.05) is 40.9 Å². The van der Waals surface area contributed by atoms with Gasteiger partial charge in [0, 0.05) is 12.8 Å². The SMILES string of the molecule is CC/C=C\C/C=C\C/C=C\C/C=C\C/C=C\CCCCCCCCCCCC(=O)OC(/C=C\CCCCCCCCCCCC)C(COP(=O)([O-])OCC[N+](C)(C)C)NC(=O)CCCCCC/C=C/C/C=C/C/C=C/CC. The van der Waals surface area contributed by atoms with Crippen LogP contribution in [0.25, 0.3) is 0 Å². The third kappa shape index (κ3) is 57.2. The maximum Gasteiger partial charge on any atom is 0.306 e. The number of unbranched alkanes of at least 4 members (excludes halogenated alkanes) is 23. The van der Waals surface area contributed by atoms with Crippen LogP contribution in [0, 0.1) is 0 Å². The van der Waals surface area contributed by atoms with Gasteiger partial charge in [-0.05, 0) is 109 Å². The lowest BCUT2D eigenvalue weighted by molar-refractivity contribution is -0.870. The van der Waals surface area contributed by atoms with Crippen molar-refractivity contribution in [2.45, 2.75) is 264 Å². The van der Waals surface area contributed by atoms with Crippen molar-refractivity contribution in [1.82, 2.24) is 5.32 Å². The zero-order valence-corrected chi connectivity index (χ0v) is 51.3. The Morgan fingerprint density at radius 2 is 0.831 bits per heavy atom. The Morgan fingerprint density at radius 3 is 1.25 bits per heavy atom. The van der Waals surface area contributed by atoms with Gasteiger partial charge in [-0.15, -0.1) is 0 Å². The fourth-order valence-electron chi connectivity index (χ4n) is 8.44. The van der Waals surface area contributed by atoms with Crippen LogP contribution in [0.2, 0.25) is 0 Å². The lowest BCUT2D eigenvalue weighted by Gasteiger charge is -2.30. The third-order valence-corrected chi connectivity index (χ3v) is 14.2. The van der Waals surface area contributed by atoms with E-state index in [4.69, 9.17) is 13.8 Å². The van der Waals surface area contributed by atoms with Crippen LogP contribution in [0.3, 0.4) is 0 Å². The van der Waals surface area contributed by atoms with Crippen molar-refractivity contribution < 1.29 is 37.3 Å². The molecule has 3 atom stereocenters. The van der Waals surface area contributed by atoms with Gasteiger partial charge in [0.1, 0.15) is 19.3 Å². The number of amides is 1. The van der Waals surface area contributed by atoms with E-state index in [-0.39, 0.29) is 31.3 Å². The van der Waals surface area contributed by atoms with Gasteiger partial charge in [0.15, 0.2) is 0 Å². The van der Waals surface area contributed by atoms with Crippen LogP contribution in [-0.2, 0) is 27.9 Å². The Morgan fingerprint density at radius 1 is 0.468 bits per heavy atom. The van der Waals surface area contributed by atoms with Gasteiger partial charge in [-0.1, -0.05) is 240 Å². The second kappa shape index (κ2) is 56.0. The minimum absolute atomic E-state index is 0.0330. The molecule has 0 aromatic carbocycles. The number of quaternary nitrogens is 1. The molecule has 10 heteroatoms. The van der Waals surface area contributed by atoms with Gasteiger partial charge >= 0.3 is 5.97 Å². The van der Waals surface area contributed by atoms with Crippen molar-refractivity contribution in [1.29, 1.82) is 0 Å². The number of nitrogens with zero attached hydrogens (tertiary/aromatic N) is 1. The zero-order valence-electron chi connectivity index (χ0n) is 50.4. The zero-order chi connectivity index (χ0) is 56.4. The van der Waals surface area contributed by atoms with Gasteiger partial charge in [0.25, 0.3) is 7.82 Å². The summed E-state index contributed by atoms with van der Waals surface area (Å²) in [6, 6.07) is -0.909. The summed E-state index contributed by atoms with van der Waals surface area (Å²) >= 11 is 0. The summed E-state index contributed by atoms with van der Waals surface area (Å²) < 4.78 is 30.3. The first-order valence-corrected chi connectivity index (χ1v) is 32.7. The van der Waals surface area contributed by atoms with E-state index in [0.717, 1.165) is 122 Å². The minimum Gasteiger partial charge on any atom is -0.756 e. The van der Waals surface area contributed by atoms with Crippen LogP contribution in [0.1, 0.15) is 252 Å². The number of hydrogen-bond acceptors (Lipinski definition) is 7. The van der Waals surface area contributed by atoms with Crippen molar-refractivity contribution >= 4 is 19.7 Å². The minimum atomic E-state index is -4.71. The molecule has 0 saturated carbocycles. The molecule has 442 valence electrons. The smallest absolute Gasteiger partial charge is 0.306 e. The Labute approximate surface area is 474 Å².